The molecule has 1 heterocycles. The van der Waals surface area contributed by atoms with Crippen molar-refractivity contribution in [1.82, 2.24) is 0 Å². The van der Waals surface area contributed by atoms with Crippen molar-refractivity contribution >= 4 is 11.3 Å². The van der Waals surface area contributed by atoms with Crippen molar-refractivity contribution in [3.8, 4) is 0 Å². The highest BCUT2D eigenvalue weighted by molar-refractivity contribution is 7.12. The van der Waals surface area contributed by atoms with Crippen molar-refractivity contribution in [1.29, 1.82) is 0 Å². The molecule has 0 aliphatic heterocycles. The van der Waals surface area contributed by atoms with E-state index in [1.807, 2.05) is 11.3 Å². The molecule has 3 rings (SSSR count). The lowest BCUT2D eigenvalue weighted by atomic mass is 9.85. The molecule has 0 amide bonds. The minimum atomic E-state index is -0.180. The van der Waals surface area contributed by atoms with Crippen molar-refractivity contribution in [2.24, 2.45) is 5.92 Å². The van der Waals surface area contributed by atoms with Crippen LogP contribution < -0.4 is 0 Å². The molecule has 1 N–H and O–H groups in total. The zero-order valence-electron chi connectivity index (χ0n) is 10.3. The first-order chi connectivity index (χ1) is 7.47. The van der Waals surface area contributed by atoms with Gasteiger partial charge in [0.25, 0.3) is 0 Å². The van der Waals surface area contributed by atoms with Crippen LogP contribution in [-0.4, -0.2) is 5.11 Å². The highest BCUT2D eigenvalue weighted by Gasteiger charge is 2.40. The quantitative estimate of drug-likeness (QED) is 0.722. The molecule has 88 valence electrons. The lowest BCUT2D eigenvalue weighted by Gasteiger charge is -2.24. The van der Waals surface area contributed by atoms with E-state index >= 15 is 0 Å². The standard InChI is InChI=1S/C14H20OS/c1-14(2,3)11-7-10-12(15)8-4-5-9(6-8)13(10)16-11/h7-9,12,15H,4-6H2,1-3H3. The second-order valence-corrected chi connectivity index (χ2v) is 7.48. The molecule has 16 heavy (non-hydrogen) atoms. The normalized spacial score (nSPS) is 32.9. The third-order valence-corrected chi connectivity index (χ3v) is 5.88. The molecule has 1 aromatic rings. The Bertz CT molecular complexity index is 399. The molecule has 2 heteroatoms. The van der Waals surface area contributed by atoms with Crippen LogP contribution in [0.25, 0.3) is 0 Å². The van der Waals surface area contributed by atoms with Crippen LogP contribution in [0.3, 0.4) is 0 Å². The highest BCUT2D eigenvalue weighted by atomic mass is 32.1. The number of aliphatic hydroxyl groups excluding tert-OH is 1. The van der Waals surface area contributed by atoms with Crippen molar-refractivity contribution < 1.29 is 5.11 Å². The summed E-state index contributed by atoms with van der Waals surface area (Å²) < 4.78 is 0. The summed E-state index contributed by atoms with van der Waals surface area (Å²) >= 11 is 1.95. The molecule has 0 aromatic carbocycles. The molecule has 1 aromatic heterocycles. The number of rotatable bonds is 0. The molecular weight excluding hydrogens is 216 g/mol. The van der Waals surface area contributed by atoms with Gasteiger partial charge in [0.2, 0.25) is 0 Å². The van der Waals surface area contributed by atoms with E-state index in [2.05, 4.69) is 26.8 Å². The Balaban J connectivity index is 2.08. The molecule has 0 saturated heterocycles. The lowest BCUT2D eigenvalue weighted by molar-refractivity contribution is 0.105. The van der Waals surface area contributed by atoms with Gasteiger partial charge in [0.05, 0.1) is 6.10 Å². The Kier molecular flexibility index (Phi) is 2.25. The van der Waals surface area contributed by atoms with Gasteiger partial charge < -0.3 is 5.11 Å². The van der Waals surface area contributed by atoms with Crippen molar-refractivity contribution in [3.05, 3.63) is 21.4 Å². The molecule has 1 fully saturated rings. The molecule has 2 aliphatic rings. The van der Waals surface area contributed by atoms with Gasteiger partial charge in [-0.15, -0.1) is 11.3 Å². The zero-order chi connectivity index (χ0) is 11.5. The van der Waals surface area contributed by atoms with Crippen LogP contribution in [0.4, 0.5) is 0 Å². The van der Waals surface area contributed by atoms with Crippen LogP contribution in [0, 0.1) is 5.92 Å². The van der Waals surface area contributed by atoms with Crippen LogP contribution in [0.15, 0.2) is 6.07 Å². The molecule has 3 unspecified atom stereocenters. The third-order valence-electron chi connectivity index (χ3n) is 4.14. The van der Waals surface area contributed by atoms with E-state index in [1.165, 1.54) is 34.6 Å². The van der Waals surface area contributed by atoms with Gasteiger partial charge in [-0.3, -0.25) is 0 Å². The largest absolute Gasteiger partial charge is 0.388 e. The summed E-state index contributed by atoms with van der Waals surface area (Å²) in [7, 11) is 0. The van der Waals surface area contributed by atoms with E-state index in [-0.39, 0.29) is 11.5 Å². The molecule has 1 saturated carbocycles. The summed E-state index contributed by atoms with van der Waals surface area (Å²) in [5.74, 6) is 1.30. The topological polar surface area (TPSA) is 20.2 Å². The molecule has 0 radical (unpaired) electrons. The van der Waals surface area contributed by atoms with E-state index in [0.29, 0.717) is 5.92 Å². The molecule has 3 atom stereocenters. The minimum Gasteiger partial charge on any atom is -0.388 e. The highest BCUT2D eigenvalue weighted by Crippen LogP contribution is 2.54. The summed E-state index contributed by atoms with van der Waals surface area (Å²) in [5, 5.41) is 10.3. The van der Waals surface area contributed by atoms with E-state index < -0.39 is 0 Å². The van der Waals surface area contributed by atoms with Crippen LogP contribution in [0.2, 0.25) is 0 Å². The lowest BCUT2D eigenvalue weighted by Crippen LogP contribution is -2.14. The first kappa shape index (κ1) is 10.8. The Morgan fingerprint density at radius 2 is 2.06 bits per heavy atom. The number of hydrogen-bond donors (Lipinski definition) is 1. The SMILES string of the molecule is CC(C)(C)c1cc2c(s1)C1CCC(C1)C2O. The van der Waals surface area contributed by atoms with Gasteiger partial charge in [0.15, 0.2) is 0 Å². The fourth-order valence-corrected chi connectivity index (χ4v) is 4.54. The zero-order valence-corrected chi connectivity index (χ0v) is 11.1. The summed E-state index contributed by atoms with van der Waals surface area (Å²) in [6.45, 7) is 6.78. The predicted molar refractivity (Wildman–Crippen MR) is 68.1 cm³/mol. The van der Waals surface area contributed by atoms with Gasteiger partial charge in [-0.1, -0.05) is 20.8 Å². The van der Waals surface area contributed by atoms with Gasteiger partial charge in [-0.2, -0.15) is 0 Å². The summed E-state index contributed by atoms with van der Waals surface area (Å²) in [6, 6.07) is 2.27. The summed E-state index contributed by atoms with van der Waals surface area (Å²) in [5.41, 5.74) is 1.48. The van der Waals surface area contributed by atoms with E-state index in [1.54, 1.807) is 0 Å². The van der Waals surface area contributed by atoms with E-state index in [0.717, 1.165) is 5.92 Å². The number of thiophene rings is 1. The van der Waals surface area contributed by atoms with Crippen LogP contribution >= 0.6 is 11.3 Å². The second-order valence-electron chi connectivity index (χ2n) is 6.40. The molecule has 2 aliphatic carbocycles. The van der Waals surface area contributed by atoms with Crippen molar-refractivity contribution in [2.75, 3.05) is 0 Å². The minimum absolute atomic E-state index is 0.180. The van der Waals surface area contributed by atoms with Crippen molar-refractivity contribution in [3.63, 3.8) is 0 Å². The number of aliphatic hydroxyl groups is 1. The van der Waals surface area contributed by atoms with Gasteiger partial charge in [-0.25, -0.2) is 0 Å². The maximum absolute atomic E-state index is 10.3. The Morgan fingerprint density at radius 1 is 1.31 bits per heavy atom. The smallest absolute Gasteiger partial charge is 0.0829 e. The summed E-state index contributed by atoms with van der Waals surface area (Å²) in [6.07, 6.45) is 3.55. The first-order valence-electron chi connectivity index (χ1n) is 6.29. The third kappa shape index (κ3) is 1.46. The second kappa shape index (κ2) is 3.33. The van der Waals surface area contributed by atoms with Gasteiger partial charge in [0.1, 0.15) is 0 Å². The first-order valence-corrected chi connectivity index (χ1v) is 7.10. The van der Waals surface area contributed by atoms with Gasteiger partial charge >= 0.3 is 0 Å². The van der Waals surface area contributed by atoms with Crippen LogP contribution in [0.5, 0.6) is 0 Å². The van der Waals surface area contributed by atoms with Crippen LogP contribution in [0.1, 0.15) is 67.4 Å². The maximum atomic E-state index is 10.3. The summed E-state index contributed by atoms with van der Waals surface area (Å²) in [4.78, 5) is 2.93. The molecule has 1 nitrogen and oxygen atoms in total. The van der Waals surface area contributed by atoms with Crippen LogP contribution in [-0.2, 0) is 5.41 Å². The monoisotopic (exact) mass is 236 g/mol. The molecular formula is C14H20OS. The van der Waals surface area contributed by atoms with E-state index in [9.17, 15) is 5.11 Å². The Morgan fingerprint density at radius 3 is 2.75 bits per heavy atom. The maximum Gasteiger partial charge on any atom is 0.0829 e. The van der Waals surface area contributed by atoms with Gasteiger partial charge in [0, 0.05) is 9.75 Å². The Hall–Kier alpha value is -0.340. The fraction of sp³-hybridized carbons (Fsp3) is 0.714. The number of hydrogen-bond acceptors (Lipinski definition) is 2. The Labute approximate surface area is 102 Å². The predicted octanol–water partition coefficient (Wildman–Crippen LogP) is 3.98. The average Bonchev–Trinajstić information content (AvgIpc) is 2.80. The average molecular weight is 236 g/mol. The molecule has 0 spiro atoms. The van der Waals surface area contributed by atoms with Gasteiger partial charge in [-0.05, 0) is 48.1 Å². The number of fused-ring (bicyclic) bond motifs is 4. The fourth-order valence-electron chi connectivity index (χ4n) is 3.13. The molecule has 2 bridgehead atoms. The van der Waals surface area contributed by atoms with E-state index in [4.69, 9.17) is 0 Å². The van der Waals surface area contributed by atoms with Crippen molar-refractivity contribution in [2.45, 2.75) is 57.5 Å².